The summed E-state index contributed by atoms with van der Waals surface area (Å²) < 4.78 is 40.4. The average molecular weight is 363 g/mol. The van der Waals surface area contributed by atoms with E-state index < -0.39 is 17.5 Å². The Bertz CT molecular complexity index is 813. The van der Waals surface area contributed by atoms with Crippen LogP contribution in [-0.2, 0) is 0 Å². The molecule has 2 aromatic rings. The molecule has 1 aliphatic rings. The van der Waals surface area contributed by atoms with Crippen LogP contribution in [0.5, 0.6) is 0 Å². The van der Waals surface area contributed by atoms with E-state index in [0.29, 0.717) is 26.2 Å². The van der Waals surface area contributed by atoms with Gasteiger partial charge >= 0.3 is 6.03 Å². The van der Waals surface area contributed by atoms with Gasteiger partial charge in [-0.1, -0.05) is 6.07 Å². The molecule has 0 unspecified atom stereocenters. The lowest BCUT2D eigenvalue weighted by Crippen LogP contribution is -2.50. The van der Waals surface area contributed by atoms with Crippen LogP contribution >= 0.6 is 0 Å². The Hall–Kier alpha value is -2.70. The molecule has 0 saturated carbocycles. The molecular weight excluding hydrogens is 343 g/mol. The minimum absolute atomic E-state index is 0.0123. The molecule has 26 heavy (non-hydrogen) atoms. The number of amides is 2. The van der Waals surface area contributed by atoms with E-state index >= 15 is 0 Å². The summed E-state index contributed by atoms with van der Waals surface area (Å²) in [6.45, 7) is 5.30. The number of halogens is 3. The summed E-state index contributed by atoms with van der Waals surface area (Å²) in [6, 6.07) is 7.69. The predicted molar refractivity (Wildman–Crippen MR) is 95.0 cm³/mol. The number of nitrogens with zero attached hydrogens (tertiary/aromatic N) is 2. The standard InChI is InChI=1S/C19H20F3N3O/c1-12-9-13(2)11-14(10-12)23-19(26)25-7-5-24(6-8-25)16-4-3-15(20)17(21)18(16)22/h3-4,9-11H,5-8H2,1-2H3,(H,23,26). The Labute approximate surface area is 150 Å². The predicted octanol–water partition coefficient (Wildman–Crippen LogP) is 4.07. The molecule has 138 valence electrons. The lowest BCUT2D eigenvalue weighted by molar-refractivity contribution is 0.208. The van der Waals surface area contributed by atoms with E-state index in [1.54, 1.807) is 9.80 Å². The quantitative estimate of drug-likeness (QED) is 0.817. The second kappa shape index (κ2) is 7.27. The molecule has 0 aromatic heterocycles. The van der Waals surface area contributed by atoms with Gasteiger partial charge in [0.15, 0.2) is 17.5 Å². The highest BCUT2D eigenvalue weighted by Crippen LogP contribution is 2.25. The van der Waals surface area contributed by atoms with Gasteiger partial charge in [0.25, 0.3) is 0 Å². The molecule has 2 aromatic carbocycles. The highest BCUT2D eigenvalue weighted by Gasteiger charge is 2.25. The molecule has 1 aliphatic heterocycles. The first-order chi connectivity index (χ1) is 12.3. The van der Waals surface area contributed by atoms with Crippen LogP contribution in [0.4, 0.5) is 29.3 Å². The Balaban J connectivity index is 1.63. The van der Waals surface area contributed by atoms with E-state index in [4.69, 9.17) is 0 Å². The van der Waals surface area contributed by atoms with Crippen molar-refractivity contribution in [1.29, 1.82) is 0 Å². The van der Waals surface area contributed by atoms with Crippen molar-refractivity contribution >= 4 is 17.4 Å². The van der Waals surface area contributed by atoms with Gasteiger partial charge in [-0.15, -0.1) is 0 Å². The zero-order chi connectivity index (χ0) is 18.8. The van der Waals surface area contributed by atoms with Gasteiger partial charge in [-0.3, -0.25) is 0 Å². The Morgan fingerprint density at radius 1 is 0.923 bits per heavy atom. The number of urea groups is 1. The van der Waals surface area contributed by atoms with Gasteiger partial charge in [0, 0.05) is 31.9 Å². The molecule has 1 N–H and O–H groups in total. The van der Waals surface area contributed by atoms with Gasteiger partial charge < -0.3 is 15.1 Å². The van der Waals surface area contributed by atoms with Crippen molar-refractivity contribution in [2.75, 3.05) is 36.4 Å². The number of aryl methyl sites for hydroxylation is 2. The van der Waals surface area contributed by atoms with Gasteiger partial charge in [0.05, 0.1) is 5.69 Å². The van der Waals surface area contributed by atoms with E-state index in [1.165, 1.54) is 6.07 Å². The first-order valence-corrected chi connectivity index (χ1v) is 8.38. The van der Waals surface area contributed by atoms with E-state index in [-0.39, 0.29) is 11.7 Å². The third kappa shape index (κ3) is 3.76. The molecule has 1 saturated heterocycles. The minimum atomic E-state index is -1.47. The Morgan fingerprint density at radius 3 is 2.15 bits per heavy atom. The summed E-state index contributed by atoms with van der Waals surface area (Å²) in [5.74, 6) is -3.88. The second-order valence-electron chi connectivity index (χ2n) is 6.48. The zero-order valence-electron chi connectivity index (χ0n) is 14.7. The summed E-state index contributed by atoms with van der Waals surface area (Å²) in [4.78, 5) is 15.6. The maximum Gasteiger partial charge on any atom is 0.321 e. The van der Waals surface area contributed by atoms with Crippen molar-refractivity contribution in [3.05, 3.63) is 58.9 Å². The first kappa shape index (κ1) is 18.1. The summed E-state index contributed by atoms with van der Waals surface area (Å²) in [5.41, 5.74) is 2.85. The van der Waals surface area contributed by atoms with E-state index in [0.717, 1.165) is 22.9 Å². The number of carbonyl (C=O) groups excluding carboxylic acids is 1. The van der Waals surface area contributed by atoms with Crippen LogP contribution in [0.25, 0.3) is 0 Å². The average Bonchev–Trinajstić information content (AvgIpc) is 2.59. The molecule has 0 spiro atoms. The molecule has 1 fully saturated rings. The number of nitrogens with one attached hydrogen (secondary N) is 1. The van der Waals surface area contributed by atoms with E-state index in [9.17, 15) is 18.0 Å². The summed E-state index contributed by atoms with van der Waals surface area (Å²) in [5, 5.41) is 2.86. The van der Waals surface area contributed by atoms with Gasteiger partial charge in [-0.05, 0) is 49.2 Å². The van der Waals surface area contributed by atoms with Crippen LogP contribution in [0, 0.1) is 31.3 Å². The fourth-order valence-corrected chi connectivity index (χ4v) is 3.16. The van der Waals surface area contributed by atoms with Crippen molar-refractivity contribution in [2.24, 2.45) is 0 Å². The van der Waals surface area contributed by atoms with Gasteiger partial charge in [0.1, 0.15) is 0 Å². The molecule has 3 rings (SSSR count). The SMILES string of the molecule is Cc1cc(C)cc(NC(=O)N2CCN(c3ccc(F)c(F)c3F)CC2)c1. The summed E-state index contributed by atoms with van der Waals surface area (Å²) >= 11 is 0. The molecule has 0 atom stereocenters. The van der Waals surface area contributed by atoms with Crippen molar-refractivity contribution in [3.8, 4) is 0 Å². The normalized spacial score (nSPS) is 14.5. The molecule has 2 amide bonds. The maximum atomic E-state index is 13.9. The van der Waals surface area contributed by atoms with E-state index in [2.05, 4.69) is 5.32 Å². The third-order valence-electron chi connectivity index (χ3n) is 4.40. The van der Waals surface area contributed by atoms with Crippen molar-refractivity contribution < 1.29 is 18.0 Å². The Kier molecular flexibility index (Phi) is 5.06. The zero-order valence-corrected chi connectivity index (χ0v) is 14.7. The largest absolute Gasteiger partial charge is 0.366 e. The highest BCUT2D eigenvalue weighted by molar-refractivity contribution is 5.89. The molecule has 0 radical (unpaired) electrons. The summed E-state index contributed by atoms with van der Waals surface area (Å²) in [6.07, 6.45) is 0. The Morgan fingerprint density at radius 2 is 1.54 bits per heavy atom. The number of benzene rings is 2. The van der Waals surface area contributed by atoms with Crippen LogP contribution < -0.4 is 10.2 Å². The number of hydrogen-bond acceptors (Lipinski definition) is 2. The number of carbonyl (C=O) groups is 1. The topological polar surface area (TPSA) is 35.6 Å². The van der Waals surface area contributed by atoms with Crippen LogP contribution in [0.2, 0.25) is 0 Å². The van der Waals surface area contributed by atoms with Crippen molar-refractivity contribution in [2.45, 2.75) is 13.8 Å². The fraction of sp³-hybridized carbons (Fsp3) is 0.316. The molecule has 1 heterocycles. The van der Waals surface area contributed by atoms with Gasteiger partial charge in [-0.25, -0.2) is 18.0 Å². The molecule has 4 nitrogen and oxygen atoms in total. The van der Waals surface area contributed by atoms with Crippen LogP contribution in [-0.4, -0.2) is 37.1 Å². The van der Waals surface area contributed by atoms with Crippen LogP contribution in [0.3, 0.4) is 0 Å². The fourth-order valence-electron chi connectivity index (χ4n) is 3.16. The number of hydrogen-bond donors (Lipinski definition) is 1. The molecule has 0 aliphatic carbocycles. The second-order valence-corrected chi connectivity index (χ2v) is 6.48. The van der Waals surface area contributed by atoms with Crippen molar-refractivity contribution in [1.82, 2.24) is 4.90 Å². The van der Waals surface area contributed by atoms with Gasteiger partial charge in [0.2, 0.25) is 0 Å². The summed E-state index contributed by atoms with van der Waals surface area (Å²) in [7, 11) is 0. The number of piperazine rings is 1. The van der Waals surface area contributed by atoms with E-state index in [1.807, 2.05) is 32.0 Å². The number of anilines is 2. The van der Waals surface area contributed by atoms with Crippen LogP contribution in [0.15, 0.2) is 30.3 Å². The molecule has 0 bridgehead atoms. The first-order valence-electron chi connectivity index (χ1n) is 8.38. The smallest absolute Gasteiger partial charge is 0.321 e. The highest BCUT2D eigenvalue weighted by atomic mass is 19.2. The molecular formula is C19H20F3N3O. The third-order valence-corrected chi connectivity index (χ3v) is 4.40. The maximum absolute atomic E-state index is 13.9. The van der Waals surface area contributed by atoms with Crippen LogP contribution in [0.1, 0.15) is 11.1 Å². The van der Waals surface area contributed by atoms with Crippen molar-refractivity contribution in [3.63, 3.8) is 0 Å². The molecule has 7 heteroatoms. The lowest BCUT2D eigenvalue weighted by atomic mass is 10.1. The monoisotopic (exact) mass is 363 g/mol. The minimum Gasteiger partial charge on any atom is -0.366 e. The lowest BCUT2D eigenvalue weighted by Gasteiger charge is -2.36. The van der Waals surface area contributed by atoms with Gasteiger partial charge in [-0.2, -0.15) is 0 Å². The number of rotatable bonds is 2.